The summed E-state index contributed by atoms with van der Waals surface area (Å²) in [6, 6.07) is 0. The van der Waals surface area contributed by atoms with Gasteiger partial charge in [0.05, 0.1) is 18.1 Å². The number of methoxy groups -OCH3 is 1. The van der Waals surface area contributed by atoms with Crippen LogP contribution in [0, 0.1) is 10.1 Å². The smallest absolute Gasteiger partial charge is 0.272 e. The summed E-state index contributed by atoms with van der Waals surface area (Å²) in [6.07, 6.45) is 2.53. The quantitative estimate of drug-likeness (QED) is 0.291. The molecule has 0 fully saturated rings. The highest BCUT2D eigenvalue weighted by atomic mass is 16.6. The van der Waals surface area contributed by atoms with Crippen molar-refractivity contribution >= 4 is 0 Å². The van der Waals surface area contributed by atoms with Gasteiger partial charge in [-0.15, -0.1) is 0 Å². The van der Waals surface area contributed by atoms with Gasteiger partial charge in [0.2, 0.25) is 0 Å². The zero-order valence-electron chi connectivity index (χ0n) is 8.03. The fourth-order valence-corrected chi connectivity index (χ4v) is 0.728. The Hall–Kier alpha value is -1.58. The van der Waals surface area contributed by atoms with Gasteiger partial charge in [-0.25, -0.2) is 0 Å². The van der Waals surface area contributed by atoms with Crippen LogP contribution < -0.4 is 0 Å². The third-order valence-electron chi connectivity index (χ3n) is 1.41. The molecule has 0 aliphatic rings. The number of allylic oxidation sites excluding steroid dienone is 3. The van der Waals surface area contributed by atoms with Gasteiger partial charge < -0.3 is 4.74 Å². The van der Waals surface area contributed by atoms with Gasteiger partial charge in [-0.05, 0) is 19.4 Å². The van der Waals surface area contributed by atoms with Crippen LogP contribution in [0.1, 0.15) is 13.8 Å². The first-order valence-corrected chi connectivity index (χ1v) is 3.73. The fourth-order valence-electron chi connectivity index (χ4n) is 0.728. The van der Waals surface area contributed by atoms with Gasteiger partial charge in [-0.2, -0.15) is 0 Å². The van der Waals surface area contributed by atoms with E-state index < -0.39 is 4.92 Å². The number of ether oxygens (including phenoxy) is 1. The molecule has 0 bridgehead atoms. The highest BCUT2D eigenvalue weighted by molar-refractivity contribution is 5.23. The van der Waals surface area contributed by atoms with Crippen LogP contribution in [0.2, 0.25) is 0 Å². The Balaban J connectivity index is 4.98. The lowest BCUT2D eigenvalue weighted by Crippen LogP contribution is -1.97. The first kappa shape index (κ1) is 11.4. The van der Waals surface area contributed by atoms with Crippen molar-refractivity contribution in [2.24, 2.45) is 0 Å². The summed E-state index contributed by atoms with van der Waals surface area (Å²) in [6.45, 7) is 6.97. The summed E-state index contributed by atoms with van der Waals surface area (Å²) in [5.74, 6) is 0.492. The third kappa shape index (κ3) is 3.55. The van der Waals surface area contributed by atoms with E-state index in [4.69, 9.17) is 4.74 Å². The van der Waals surface area contributed by atoms with Gasteiger partial charge in [0, 0.05) is 6.08 Å². The van der Waals surface area contributed by atoms with E-state index in [1.807, 2.05) is 13.8 Å². The topological polar surface area (TPSA) is 52.4 Å². The van der Waals surface area contributed by atoms with Crippen LogP contribution in [0.15, 0.2) is 35.8 Å². The van der Waals surface area contributed by atoms with Crippen LogP contribution in [0.25, 0.3) is 0 Å². The molecule has 0 radical (unpaired) electrons. The summed E-state index contributed by atoms with van der Waals surface area (Å²) in [5, 5.41) is 10.4. The maximum absolute atomic E-state index is 10.4. The van der Waals surface area contributed by atoms with Crippen molar-refractivity contribution in [3.63, 3.8) is 0 Å². The Kier molecular flexibility index (Phi) is 4.51. The van der Waals surface area contributed by atoms with E-state index in [0.29, 0.717) is 5.76 Å². The molecule has 0 aliphatic carbocycles. The normalized spacial score (nSPS) is 10.5. The van der Waals surface area contributed by atoms with Crippen LogP contribution in [-0.2, 0) is 4.74 Å². The summed E-state index contributed by atoms with van der Waals surface area (Å²) in [4.78, 5) is 9.89. The summed E-state index contributed by atoms with van der Waals surface area (Å²) in [5.41, 5.74) is 0.807. The molecule has 0 aromatic carbocycles. The molecule has 0 spiro atoms. The molecule has 72 valence electrons. The fraction of sp³-hybridized carbons (Fsp3) is 0.333. The van der Waals surface area contributed by atoms with E-state index in [2.05, 4.69) is 6.58 Å². The molecule has 0 rings (SSSR count). The minimum atomic E-state index is -0.505. The molecule has 0 unspecified atom stereocenters. The monoisotopic (exact) mass is 183 g/mol. The van der Waals surface area contributed by atoms with Gasteiger partial charge in [0.15, 0.2) is 0 Å². The van der Waals surface area contributed by atoms with E-state index in [-0.39, 0.29) is 5.70 Å². The van der Waals surface area contributed by atoms with Crippen molar-refractivity contribution in [3.05, 3.63) is 45.9 Å². The second-order valence-corrected chi connectivity index (χ2v) is 2.60. The number of hydrogen-bond acceptors (Lipinski definition) is 3. The Bertz CT molecular complexity index is 273. The molecule has 0 saturated carbocycles. The zero-order chi connectivity index (χ0) is 10.4. The van der Waals surface area contributed by atoms with Crippen molar-refractivity contribution in [2.75, 3.05) is 7.11 Å². The predicted octanol–water partition coefficient (Wildman–Crippen LogP) is 2.27. The Morgan fingerprint density at radius 3 is 2.31 bits per heavy atom. The molecule has 0 saturated heterocycles. The molecule has 4 nitrogen and oxygen atoms in total. The zero-order valence-corrected chi connectivity index (χ0v) is 8.03. The van der Waals surface area contributed by atoms with Crippen molar-refractivity contribution in [3.8, 4) is 0 Å². The molecule has 13 heavy (non-hydrogen) atoms. The van der Waals surface area contributed by atoms with Gasteiger partial charge in [0.1, 0.15) is 5.76 Å². The lowest BCUT2D eigenvalue weighted by Gasteiger charge is -2.01. The Labute approximate surface area is 77.4 Å². The van der Waals surface area contributed by atoms with E-state index >= 15 is 0 Å². The van der Waals surface area contributed by atoms with E-state index in [1.54, 1.807) is 0 Å². The molecule has 0 heterocycles. The standard InChI is InChI=1S/C9H13NO3/c1-5-8(10(11)12)6-9(13-4)7(2)3/h5-6H,1H2,2-4H3/b8-6+. The second-order valence-electron chi connectivity index (χ2n) is 2.60. The van der Waals surface area contributed by atoms with Gasteiger partial charge >= 0.3 is 0 Å². The lowest BCUT2D eigenvalue weighted by molar-refractivity contribution is -0.419. The SMILES string of the molecule is C=C/C(=C\C(OC)=C(C)C)[N+](=O)[O-]. The highest BCUT2D eigenvalue weighted by Crippen LogP contribution is 2.09. The predicted molar refractivity (Wildman–Crippen MR) is 50.7 cm³/mol. The summed E-state index contributed by atoms with van der Waals surface area (Å²) < 4.78 is 4.95. The van der Waals surface area contributed by atoms with E-state index in [1.165, 1.54) is 19.3 Å². The first-order chi connectivity index (χ1) is 6.02. The van der Waals surface area contributed by atoms with Crippen LogP contribution in [-0.4, -0.2) is 12.0 Å². The summed E-state index contributed by atoms with van der Waals surface area (Å²) in [7, 11) is 1.47. The molecule has 0 aliphatic heterocycles. The van der Waals surface area contributed by atoms with Crippen LogP contribution in [0.4, 0.5) is 0 Å². The molecule has 0 N–H and O–H groups in total. The minimum Gasteiger partial charge on any atom is -0.497 e. The number of rotatable bonds is 4. The molecular weight excluding hydrogens is 170 g/mol. The van der Waals surface area contributed by atoms with Crippen molar-refractivity contribution in [2.45, 2.75) is 13.8 Å². The maximum atomic E-state index is 10.4. The second kappa shape index (κ2) is 5.13. The van der Waals surface area contributed by atoms with Crippen molar-refractivity contribution < 1.29 is 9.66 Å². The Morgan fingerprint density at radius 1 is 1.54 bits per heavy atom. The van der Waals surface area contributed by atoms with E-state index in [0.717, 1.165) is 5.57 Å². The molecule has 0 atom stereocenters. The third-order valence-corrected chi connectivity index (χ3v) is 1.41. The number of nitro groups is 1. The highest BCUT2D eigenvalue weighted by Gasteiger charge is 2.07. The van der Waals surface area contributed by atoms with Gasteiger partial charge in [-0.3, -0.25) is 10.1 Å². The average molecular weight is 183 g/mol. The largest absolute Gasteiger partial charge is 0.497 e. The first-order valence-electron chi connectivity index (χ1n) is 3.73. The summed E-state index contributed by atoms with van der Waals surface area (Å²) >= 11 is 0. The maximum Gasteiger partial charge on any atom is 0.272 e. The molecule has 4 heteroatoms. The van der Waals surface area contributed by atoms with Crippen LogP contribution in [0.3, 0.4) is 0 Å². The number of nitrogens with zero attached hydrogens (tertiary/aromatic N) is 1. The molecule has 0 amide bonds. The lowest BCUT2D eigenvalue weighted by atomic mass is 10.2. The van der Waals surface area contributed by atoms with E-state index in [9.17, 15) is 10.1 Å². The van der Waals surface area contributed by atoms with Crippen molar-refractivity contribution in [1.82, 2.24) is 0 Å². The molecule has 0 aromatic rings. The molecular formula is C9H13NO3. The van der Waals surface area contributed by atoms with Crippen LogP contribution in [0.5, 0.6) is 0 Å². The minimum absolute atomic E-state index is 0.0712. The Morgan fingerprint density at radius 2 is 2.08 bits per heavy atom. The average Bonchev–Trinajstić information content (AvgIpc) is 2.05. The number of hydrogen-bond donors (Lipinski definition) is 0. The van der Waals surface area contributed by atoms with Gasteiger partial charge in [-0.1, -0.05) is 6.58 Å². The van der Waals surface area contributed by atoms with Gasteiger partial charge in [0.25, 0.3) is 5.70 Å². The van der Waals surface area contributed by atoms with Crippen LogP contribution >= 0.6 is 0 Å². The van der Waals surface area contributed by atoms with Crippen molar-refractivity contribution in [1.29, 1.82) is 0 Å². The molecule has 0 aromatic heterocycles.